The number of alkyl halides is 3. The van der Waals surface area contributed by atoms with Crippen molar-refractivity contribution >= 4 is 35.4 Å². The number of benzene rings is 1. The number of unbranched alkanes of at least 4 members (excludes halogenated alkanes) is 3. The fourth-order valence-corrected chi connectivity index (χ4v) is 5.17. The van der Waals surface area contributed by atoms with E-state index in [0.717, 1.165) is 18.6 Å². The molecule has 39 heavy (non-hydrogen) atoms. The molecular formula is C28H39F3N4O3S. The van der Waals surface area contributed by atoms with Crippen molar-refractivity contribution < 1.29 is 27.6 Å². The SMILES string of the molecule is CCCCC/C=C\[C@@H]1C[C@@H]1C(=O)NSC1CC1.NC(=O)[C@@H]1CCCN1C(=O)CNc1cccc(C(F)(F)F)c1. The van der Waals surface area contributed by atoms with Crippen LogP contribution in [0.5, 0.6) is 0 Å². The standard InChI is InChI=1S/C14H16F3N3O2.C14H23NOS/c15-14(16,17)9-3-1-4-10(7-9)19-8-12(21)20-6-2-5-11(20)13(18)22;1-2-3-4-5-6-7-11-10-13(11)14(16)15-17-12-8-9-12/h1,3-4,7,11,19H,2,5-6,8H2,(H2,18,22);6-7,11-13H,2-5,8-10H2,1H3,(H,15,16)/b;7-6-/t11-;11-,13+/m01/s1. The van der Waals surface area contributed by atoms with E-state index in [2.05, 4.69) is 29.1 Å². The number of allylic oxidation sites excluding steroid dienone is 2. The van der Waals surface area contributed by atoms with Crippen LogP contribution in [0, 0.1) is 11.8 Å². The third-order valence-electron chi connectivity index (χ3n) is 6.92. The maximum absolute atomic E-state index is 12.6. The van der Waals surface area contributed by atoms with Gasteiger partial charge in [-0.25, -0.2) is 0 Å². The number of likely N-dealkylation sites (tertiary alicyclic amines) is 1. The minimum atomic E-state index is -4.44. The van der Waals surface area contributed by atoms with Crippen LogP contribution in [0.25, 0.3) is 0 Å². The Labute approximate surface area is 232 Å². The molecule has 1 aromatic carbocycles. The molecule has 0 aromatic heterocycles. The molecule has 2 saturated carbocycles. The lowest BCUT2D eigenvalue weighted by molar-refractivity contribution is -0.137. The molecule has 2 aliphatic carbocycles. The molecular weight excluding hydrogens is 529 g/mol. The summed E-state index contributed by atoms with van der Waals surface area (Å²) in [7, 11) is 0. The van der Waals surface area contributed by atoms with Gasteiger partial charge in [-0.1, -0.05) is 38.0 Å². The number of nitrogens with two attached hydrogens (primary N) is 1. The second-order valence-corrected chi connectivity index (χ2v) is 11.4. The Morgan fingerprint density at radius 3 is 2.62 bits per heavy atom. The molecule has 1 aromatic rings. The normalized spacial score (nSPS) is 22.3. The van der Waals surface area contributed by atoms with Crippen molar-refractivity contribution in [3.63, 3.8) is 0 Å². The summed E-state index contributed by atoms with van der Waals surface area (Å²) in [5.41, 5.74) is 4.62. The van der Waals surface area contributed by atoms with Crippen molar-refractivity contribution in [1.82, 2.24) is 9.62 Å². The van der Waals surface area contributed by atoms with Gasteiger partial charge in [0.1, 0.15) is 6.04 Å². The zero-order chi connectivity index (χ0) is 28.4. The van der Waals surface area contributed by atoms with E-state index in [1.165, 1.54) is 55.6 Å². The van der Waals surface area contributed by atoms with E-state index in [0.29, 0.717) is 30.6 Å². The molecule has 0 unspecified atom stereocenters. The van der Waals surface area contributed by atoms with Gasteiger partial charge in [0.05, 0.1) is 12.1 Å². The first-order valence-electron chi connectivity index (χ1n) is 13.7. The maximum atomic E-state index is 12.6. The first-order chi connectivity index (χ1) is 18.6. The monoisotopic (exact) mass is 568 g/mol. The Morgan fingerprint density at radius 1 is 1.18 bits per heavy atom. The third kappa shape index (κ3) is 10.4. The molecule has 0 spiro atoms. The van der Waals surface area contributed by atoms with Gasteiger partial charge >= 0.3 is 6.18 Å². The van der Waals surface area contributed by atoms with Gasteiger partial charge in [0.2, 0.25) is 17.7 Å². The predicted molar refractivity (Wildman–Crippen MR) is 147 cm³/mol. The molecule has 0 bridgehead atoms. The van der Waals surface area contributed by atoms with E-state index >= 15 is 0 Å². The number of amides is 3. The topological polar surface area (TPSA) is 105 Å². The Morgan fingerprint density at radius 2 is 1.95 bits per heavy atom. The minimum absolute atomic E-state index is 0.189. The van der Waals surface area contributed by atoms with Crippen molar-refractivity contribution in [3.05, 3.63) is 42.0 Å². The molecule has 3 atom stereocenters. The van der Waals surface area contributed by atoms with Crippen molar-refractivity contribution in [3.8, 4) is 0 Å². The average molecular weight is 569 g/mol. The average Bonchev–Trinajstić information content (AvgIpc) is 3.83. The Balaban J connectivity index is 0.000000223. The van der Waals surface area contributed by atoms with Crippen LogP contribution >= 0.6 is 11.9 Å². The number of carbonyl (C=O) groups is 3. The maximum Gasteiger partial charge on any atom is 0.416 e. The zero-order valence-electron chi connectivity index (χ0n) is 22.3. The van der Waals surface area contributed by atoms with Gasteiger partial charge in [-0.2, -0.15) is 13.2 Å². The van der Waals surface area contributed by atoms with Gasteiger partial charge in [0.25, 0.3) is 0 Å². The Hall–Kier alpha value is -2.69. The van der Waals surface area contributed by atoms with E-state index in [-0.39, 0.29) is 30.0 Å². The fraction of sp³-hybridized carbons (Fsp3) is 0.607. The quantitative estimate of drug-likeness (QED) is 0.181. The summed E-state index contributed by atoms with van der Waals surface area (Å²) in [6, 6.07) is 3.96. The highest BCUT2D eigenvalue weighted by Gasteiger charge is 2.41. The number of rotatable bonds is 12. The highest BCUT2D eigenvalue weighted by Crippen LogP contribution is 2.41. The van der Waals surface area contributed by atoms with E-state index in [1.807, 2.05) is 0 Å². The number of halogens is 3. The largest absolute Gasteiger partial charge is 0.416 e. The molecule has 11 heteroatoms. The molecule has 0 radical (unpaired) electrons. The van der Waals surface area contributed by atoms with Gasteiger partial charge < -0.3 is 16.0 Å². The second kappa shape index (κ2) is 14.6. The number of hydrogen-bond donors (Lipinski definition) is 3. The summed E-state index contributed by atoms with van der Waals surface area (Å²) in [6.07, 6.45) is 9.94. The van der Waals surface area contributed by atoms with Crippen molar-refractivity contribution in [1.29, 1.82) is 0 Å². The van der Waals surface area contributed by atoms with E-state index in [4.69, 9.17) is 5.73 Å². The lowest BCUT2D eigenvalue weighted by atomic mass is 10.2. The summed E-state index contributed by atoms with van der Waals surface area (Å²) in [6.45, 7) is 2.46. The van der Waals surface area contributed by atoms with Crippen LogP contribution in [0.3, 0.4) is 0 Å². The molecule has 7 nitrogen and oxygen atoms in total. The highest BCUT2D eigenvalue weighted by atomic mass is 32.2. The first kappa shape index (κ1) is 30.8. The lowest BCUT2D eigenvalue weighted by Gasteiger charge is -2.22. The molecule has 3 aliphatic rings. The highest BCUT2D eigenvalue weighted by molar-refractivity contribution is 7.98. The molecule has 1 aliphatic heterocycles. The number of primary amides is 1. The smallest absolute Gasteiger partial charge is 0.376 e. The van der Waals surface area contributed by atoms with Crippen LogP contribution in [-0.2, 0) is 20.6 Å². The number of hydrogen-bond acceptors (Lipinski definition) is 5. The molecule has 1 saturated heterocycles. The summed E-state index contributed by atoms with van der Waals surface area (Å²) >= 11 is 1.63. The van der Waals surface area contributed by atoms with Crippen LogP contribution in [-0.4, -0.2) is 47.0 Å². The molecule has 4 rings (SSSR count). The molecule has 3 amide bonds. The molecule has 4 N–H and O–H groups in total. The van der Waals surface area contributed by atoms with Crippen molar-refractivity contribution in [2.24, 2.45) is 17.6 Å². The fourth-order valence-electron chi connectivity index (χ4n) is 4.36. The lowest BCUT2D eigenvalue weighted by Crippen LogP contribution is -2.45. The van der Waals surface area contributed by atoms with Gasteiger partial charge in [-0.15, -0.1) is 0 Å². The zero-order valence-corrected chi connectivity index (χ0v) is 23.2. The van der Waals surface area contributed by atoms with Crippen LogP contribution in [0.15, 0.2) is 36.4 Å². The van der Waals surface area contributed by atoms with Gasteiger partial charge in [0, 0.05) is 23.4 Å². The number of nitrogens with zero attached hydrogens (tertiary/aromatic N) is 1. The summed E-state index contributed by atoms with van der Waals surface area (Å²) in [4.78, 5) is 36.4. The minimum Gasteiger partial charge on any atom is -0.376 e. The van der Waals surface area contributed by atoms with Crippen LogP contribution in [0.2, 0.25) is 0 Å². The van der Waals surface area contributed by atoms with Gasteiger partial charge in [0.15, 0.2) is 0 Å². The van der Waals surface area contributed by atoms with Crippen LogP contribution in [0.1, 0.15) is 70.3 Å². The molecule has 216 valence electrons. The Bertz CT molecular complexity index is 1020. The van der Waals surface area contributed by atoms with Gasteiger partial charge in [-0.05, 0) is 81.0 Å². The molecule has 3 fully saturated rings. The Kier molecular flexibility index (Phi) is 11.6. The van der Waals surface area contributed by atoms with Crippen LogP contribution in [0.4, 0.5) is 18.9 Å². The van der Waals surface area contributed by atoms with Crippen molar-refractivity contribution in [2.45, 2.75) is 82.2 Å². The van der Waals surface area contributed by atoms with E-state index < -0.39 is 23.7 Å². The number of carbonyl (C=O) groups excluding carboxylic acids is 3. The summed E-state index contributed by atoms with van der Waals surface area (Å²) in [5.74, 6) is 0.119. The predicted octanol–water partition coefficient (Wildman–Crippen LogP) is 5.28. The second-order valence-electron chi connectivity index (χ2n) is 10.3. The van der Waals surface area contributed by atoms with Gasteiger partial charge in [-0.3, -0.25) is 19.1 Å². The number of anilines is 1. The first-order valence-corrected chi connectivity index (χ1v) is 14.6. The van der Waals surface area contributed by atoms with E-state index in [1.54, 1.807) is 11.9 Å². The van der Waals surface area contributed by atoms with Crippen molar-refractivity contribution in [2.75, 3.05) is 18.4 Å². The number of nitrogens with one attached hydrogen (secondary N) is 2. The van der Waals surface area contributed by atoms with E-state index in [9.17, 15) is 27.6 Å². The third-order valence-corrected chi connectivity index (χ3v) is 8.04. The summed E-state index contributed by atoms with van der Waals surface area (Å²) < 4.78 is 40.8. The summed E-state index contributed by atoms with van der Waals surface area (Å²) in [5, 5.41) is 3.36. The molecule has 1 heterocycles. The van der Waals surface area contributed by atoms with Crippen LogP contribution < -0.4 is 15.8 Å².